The van der Waals surface area contributed by atoms with Crippen LogP contribution >= 0.6 is 11.5 Å². The summed E-state index contributed by atoms with van der Waals surface area (Å²) in [5, 5.41) is 2.13. The largest absolute Gasteiger partial charge is 0.496 e. The second-order valence-corrected chi connectivity index (χ2v) is 8.69. The molecule has 2 aromatic heterocycles. The highest BCUT2D eigenvalue weighted by atomic mass is 32.2. The van der Waals surface area contributed by atoms with E-state index in [1.807, 2.05) is 24.3 Å². The zero-order valence-electron chi connectivity index (χ0n) is 14.4. The lowest BCUT2D eigenvalue weighted by Gasteiger charge is -2.11. The minimum absolute atomic E-state index is 0.159. The Kier molecular flexibility index (Phi) is 4.59. The van der Waals surface area contributed by atoms with Gasteiger partial charge in [0.2, 0.25) is 0 Å². The molecule has 0 bridgehead atoms. The number of pyridine rings is 1. The molecule has 136 valence electrons. The van der Waals surface area contributed by atoms with Gasteiger partial charge in [0.1, 0.15) is 22.8 Å². The molecule has 0 unspecified atom stereocenters. The minimum atomic E-state index is -3.50. The Morgan fingerprint density at radius 3 is 2.70 bits per heavy atom. The monoisotopic (exact) mass is 397 g/mol. The van der Waals surface area contributed by atoms with Gasteiger partial charge in [0.15, 0.2) is 9.84 Å². The average Bonchev–Trinajstić information content (AvgIpc) is 3.19. The van der Waals surface area contributed by atoms with Gasteiger partial charge in [-0.1, -0.05) is 18.2 Å². The molecule has 0 aliphatic rings. The van der Waals surface area contributed by atoms with E-state index >= 15 is 0 Å². The summed E-state index contributed by atoms with van der Waals surface area (Å²) >= 11 is 1.09. The van der Waals surface area contributed by atoms with Gasteiger partial charge in [0.25, 0.3) is 0 Å². The van der Waals surface area contributed by atoms with Gasteiger partial charge >= 0.3 is 0 Å². The zero-order valence-corrected chi connectivity index (χ0v) is 16.0. The summed E-state index contributed by atoms with van der Waals surface area (Å²) in [5.41, 5.74) is 1.60. The Morgan fingerprint density at radius 2 is 1.93 bits per heavy atom. The van der Waals surface area contributed by atoms with Crippen LogP contribution in [0.1, 0.15) is 5.01 Å². The zero-order chi connectivity index (χ0) is 18.9. The first-order valence-electron chi connectivity index (χ1n) is 8.09. The maximum absolute atomic E-state index is 12.7. The fourth-order valence-corrected chi connectivity index (χ4v) is 5.04. The second-order valence-electron chi connectivity index (χ2n) is 5.84. The van der Waals surface area contributed by atoms with E-state index in [4.69, 9.17) is 4.74 Å². The SMILES string of the molecule is COc1ccccc1-c1nccc2cc(S(=O)(=O)Cc3ncns3)ccc12. The van der Waals surface area contributed by atoms with Gasteiger partial charge in [-0.15, -0.1) is 0 Å². The molecule has 4 aromatic rings. The minimum Gasteiger partial charge on any atom is -0.496 e. The van der Waals surface area contributed by atoms with Crippen LogP contribution in [0.5, 0.6) is 5.75 Å². The Labute approximate surface area is 160 Å². The number of rotatable bonds is 5. The summed E-state index contributed by atoms with van der Waals surface area (Å²) in [6.45, 7) is 0. The van der Waals surface area contributed by atoms with Gasteiger partial charge < -0.3 is 4.74 Å². The molecule has 0 radical (unpaired) electrons. The highest BCUT2D eigenvalue weighted by Gasteiger charge is 2.19. The summed E-state index contributed by atoms with van der Waals surface area (Å²) in [6.07, 6.45) is 3.03. The van der Waals surface area contributed by atoms with E-state index in [1.165, 1.54) is 6.33 Å². The van der Waals surface area contributed by atoms with Crippen LogP contribution < -0.4 is 4.74 Å². The van der Waals surface area contributed by atoms with Gasteiger partial charge in [-0.05, 0) is 47.3 Å². The van der Waals surface area contributed by atoms with Gasteiger partial charge in [0, 0.05) is 17.1 Å². The number of hydrogen-bond donors (Lipinski definition) is 0. The summed E-state index contributed by atoms with van der Waals surface area (Å²) in [7, 11) is -1.89. The fraction of sp³-hybridized carbons (Fsp3) is 0.105. The number of benzene rings is 2. The second kappa shape index (κ2) is 7.05. The van der Waals surface area contributed by atoms with Crippen molar-refractivity contribution in [1.29, 1.82) is 0 Å². The molecule has 0 saturated carbocycles. The molecule has 4 rings (SSSR count). The van der Waals surface area contributed by atoms with Crippen LogP contribution in [-0.4, -0.2) is 29.9 Å². The number of sulfone groups is 1. The maximum atomic E-state index is 12.7. The van der Waals surface area contributed by atoms with Gasteiger partial charge in [-0.2, -0.15) is 4.37 Å². The molecule has 0 aliphatic heterocycles. The van der Waals surface area contributed by atoms with Gasteiger partial charge in [0.05, 0.1) is 17.7 Å². The molecular weight excluding hydrogens is 382 g/mol. The standard InChI is InChI=1S/C19H15N3O3S2/c1-25-17-5-3-2-4-16(17)19-15-7-6-14(10-13(15)8-9-20-19)27(23,24)11-18-21-12-22-26-18/h2-10,12H,11H2,1H3. The number of methoxy groups -OCH3 is 1. The molecule has 0 saturated heterocycles. The molecule has 27 heavy (non-hydrogen) atoms. The molecule has 8 heteroatoms. The van der Waals surface area contributed by atoms with Crippen molar-refractivity contribution in [3.8, 4) is 17.0 Å². The van der Waals surface area contributed by atoms with Crippen LogP contribution in [-0.2, 0) is 15.6 Å². The third kappa shape index (κ3) is 3.41. The van der Waals surface area contributed by atoms with Crippen molar-refractivity contribution < 1.29 is 13.2 Å². The predicted octanol–water partition coefficient (Wildman–Crippen LogP) is 3.74. The lowest BCUT2D eigenvalue weighted by atomic mass is 10.0. The molecule has 0 fully saturated rings. The number of fused-ring (bicyclic) bond motifs is 1. The molecule has 0 aliphatic carbocycles. The Bertz CT molecular complexity index is 1210. The van der Waals surface area contributed by atoms with Crippen LogP contribution in [0.3, 0.4) is 0 Å². The van der Waals surface area contributed by atoms with Gasteiger partial charge in [-0.25, -0.2) is 13.4 Å². The van der Waals surface area contributed by atoms with E-state index in [2.05, 4.69) is 14.3 Å². The molecule has 0 amide bonds. The first kappa shape index (κ1) is 17.6. The van der Waals surface area contributed by atoms with E-state index in [9.17, 15) is 8.42 Å². The fourth-order valence-electron chi connectivity index (χ4n) is 2.91. The normalized spacial score (nSPS) is 11.6. The first-order chi connectivity index (χ1) is 13.1. The average molecular weight is 397 g/mol. The topological polar surface area (TPSA) is 82.0 Å². The van der Waals surface area contributed by atoms with Crippen LogP contribution in [0.2, 0.25) is 0 Å². The highest BCUT2D eigenvalue weighted by Crippen LogP contribution is 2.34. The highest BCUT2D eigenvalue weighted by molar-refractivity contribution is 7.90. The van der Waals surface area contributed by atoms with E-state index < -0.39 is 9.84 Å². The molecule has 6 nitrogen and oxygen atoms in total. The number of nitrogens with zero attached hydrogens (tertiary/aromatic N) is 3. The lowest BCUT2D eigenvalue weighted by Crippen LogP contribution is -2.04. The van der Waals surface area contributed by atoms with Crippen LogP contribution in [0.4, 0.5) is 0 Å². The van der Waals surface area contributed by atoms with Crippen molar-refractivity contribution in [2.24, 2.45) is 0 Å². The van der Waals surface area contributed by atoms with E-state index in [-0.39, 0.29) is 10.6 Å². The van der Waals surface area contributed by atoms with Crippen molar-refractivity contribution in [1.82, 2.24) is 14.3 Å². The van der Waals surface area contributed by atoms with Crippen LogP contribution in [0, 0.1) is 0 Å². The van der Waals surface area contributed by atoms with Crippen LogP contribution in [0.15, 0.2) is 66.0 Å². The van der Waals surface area contributed by atoms with Crippen molar-refractivity contribution in [3.05, 3.63) is 66.1 Å². The Hall–Kier alpha value is -2.84. The molecule has 0 N–H and O–H groups in total. The summed E-state index contributed by atoms with van der Waals surface area (Å²) in [6, 6.07) is 14.5. The van der Waals surface area contributed by atoms with Crippen LogP contribution in [0.25, 0.3) is 22.0 Å². The molecule has 0 atom stereocenters. The first-order valence-corrected chi connectivity index (χ1v) is 10.5. The van der Waals surface area contributed by atoms with Gasteiger partial charge in [-0.3, -0.25) is 4.98 Å². The third-order valence-electron chi connectivity index (χ3n) is 4.18. The summed E-state index contributed by atoms with van der Waals surface area (Å²) < 4.78 is 34.7. The van der Waals surface area contributed by atoms with Crippen molar-refractivity contribution in [3.63, 3.8) is 0 Å². The van der Waals surface area contributed by atoms with E-state index in [1.54, 1.807) is 37.6 Å². The molecular formula is C19H15N3O3S2. The van der Waals surface area contributed by atoms with Crippen molar-refractivity contribution >= 4 is 32.1 Å². The number of ether oxygens (including phenoxy) is 1. The number of hydrogen-bond acceptors (Lipinski definition) is 7. The number of aromatic nitrogens is 3. The lowest BCUT2D eigenvalue weighted by molar-refractivity contribution is 0.416. The smallest absolute Gasteiger partial charge is 0.184 e. The third-order valence-corrected chi connectivity index (χ3v) is 6.65. The predicted molar refractivity (Wildman–Crippen MR) is 105 cm³/mol. The summed E-state index contributed by atoms with van der Waals surface area (Å²) in [4.78, 5) is 8.71. The molecule has 2 aromatic carbocycles. The Morgan fingerprint density at radius 1 is 1.07 bits per heavy atom. The summed E-state index contributed by atoms with van der Waals surface area (Å²) in [5.74, 6) is 0.554. The van der Waals surface area contributed by atoms with E-state index in [0.29, 0.717) is 10.8 Å². The van der Waals surface area contributed by atoms with Crippen molar-refractivity contribution in [2.75, 3.05) is 7.11 Å². The quantitative estimate of drug-likeness (QED) is 0.510. The Balaban J connectivity index is 1.81. The van der Waals surface area contributed by atoms with Crippen molar-refractivity contribution in [2.45, 2.75) is 10.6 Å². The van der Waals surface area contributed by atoms with E-state index in [0.717, 1.165) is 33.6 Å². The maximum Gasteiger partial charge on any atom is 0.184 e. The number of para-hydroxylation sites is 1. The molecule has 2 heterocycles. The molecule has 0 spiro atoms.